The number of rotatable bonds is 8. The molecule has 3 aromatic rings. The molecule has 0 spiro atoms. The number of benzene rings is 3. The molecule has 0 unspecified atom stereocenters. The van der Waals surface area contributed by atoms with Gasteiger partial charge in [0.05, 0.1) is 17.6 Å². The second kappa shape index (κ2) is 9.71. The lowest BCUT2D eigenvalue weighted by Crippen LogP contribution is -2.01. The molecule has 0 saturated carbocycles. The van der Waals surface area contributed by atoms with Gasteiger partial charge in [-0.3, -0.25) is 14.9 Å². The maximum Gasteiger partial charge on any atom is 0.280 e. The van der Waals surface area contributed by atoms with Crippen molar-refractivity contribution in [1.29, 1.82) is 0 Å². The van der Waals surface area contributed by atoms with Crippen LogP contribution in [0.4, 0.5) is 5.69 Å². The molecule has 0 fully saturated rings. The largest absolute Gasteiger partial charge is 0.496 e. The third kappa shape index (κ3) is 5.17. The summed E-state index contributed by atoms with van der Waals surface area (Å²) in [6.45, 7) is 4.34. The monoisotopic (exact) mass is 417 g/mol. The second-order valence-corrected chi connectivity index (χ2v) is 7.03. The highest BCUT2D eigenvalue weighted by Crippen LogP contribution is 2.26. The van der Waals surface area contributed by atoms with Crippen LogP contribution in [0, 0.1) is 24.0 Å². The van der Waals surface area contributed by atoms with E-state index in [1.807, 2.05) is 44.2 Å². The minimum absolute atomic E-state index is 0.0516. The van der Waals surface area contributed by atoms with Crippen molar-refractivity contribution < 1.29 is 19.2 Å². The third-order valence-corrected chi connectivity index (χ3v) is 5.04. The molecule has 0 amide bonds. The fourth-order valence-corrected chi connectivity index (χ4v) is 3.15. The van der Waals surface area contributed by atoms with Crippen LogP contribution in [-0.2, 0) is 6.61 Å². The van der Waals surface area contributed by atoms with Crippen molar-refractivity contribution in [1.82, 2.24) is 0 Å². The van der Waals surface area contributed by atoms with Crippen molar-refractivity contribution in [3.63, 3.8) is 0 Å². The number of nitro groups is 1. The van der Waals surface area contributed by atoms with E-state index in [1.165, 1.54) is 24.3 Å². The number of hydrogen-bond acceptors (Lipinski definition) is 5. The summed E-state index contributed by atoms with van der Waals surface area (Å²) >= 11 is 0. The predicted octanol–water partition coefficient (Wildman–Crippen LogP) is 5.70. The molecular formula is C25H23NO5. The van der Waals surface area contributed by atoms with E-state index in [2.05, 4.69) is 0 Å². The Morgan fingerprint density at radius 3 is 2.55 bits per heavy atom. The van der Waals surface area contributed by atoms with Crippen LogP contribution in [0.5, 0.6) is 11.5 Å². The van der Waals surface area contributed by atoms with Crippen LogP contribution in [0.15, 0.2) is 66.7 Å². The Hall–Kier alpha value is -3.93. The van der Waals surface area contributed by atoms with Crippen LogP contribution in [0.25, 0.3) is 6.08 Å². The van der Waals surface area contributed by atoms with E-state index in [4.69, 9.17) is 9.47 Å². The van der Waals surface area contributed by atoms with Gasteiger partial charge in [-0.2, -0.15) is 0 Å². The Bertz CT molecular complexity index is 1150. The van der Waals surface area contributed by atoms with Crippen LogP contribution in [0.2, 0.25) is 0 Å². The van der Waals surface area contributed by atoms with Crippen molar-refractivity contribution in [2.24, 2.45) is 0 Å². The Balaban J connectivity index is 1.81. The van der Waals surface area contributed by atoms with E-state index in [0.29, 0.717) is 12.4 Å². The van der Waals surface area contributed by atoms with Crippen LogP contribution in [0.3, 0.4) is 0 Å². The summed E-state index contributed by atoms with van der Waals surface area (Å²) < 4.78 is 11.4. The van der Waals surface area contributed by atoms with E-state index in [-0.39, 0.29) is 11.3 Å². The van der Waals surface area contributed by atoms with Gasteiger partial charge in [-0.1, -0.05) is 36.4 Å². The quantitative estimate of drug-likeness (QED) is 0.203. The number of ether oxygens (including phenoxy) is 2. The zero-order chi connectivity index (χ0) is 22.4. The van der Waals surface area contributed by atoms with E-state index in [0.717, 1.165) is 28.0 Å². The van der Waals surface area contributed by atoms with Gasteiger partial charge in [0.25, 0.3) is 5.69 Å². The lowest BCUT2D eigenvalue weighted by atomic mass is 10.1. The molecule has 0 saturated heterocycles. The van der Waals surface area contributed by atoms with Gasteiger partial charge in [-0.15, -0.1) is 0 Å². The van der Waals surface area contributed by atoms with E-state index >= 15 is 0 Å². The van der Waals surface area contributed by atoms with E-state index < -0.39 is 10.7 Å². The van der Waals surface area contributed by atoms with Gasteiger partial charge in [0.1, 0.15) is 18.1 Å². The van der Waals surface area contributed by atoms with Gasteiger partial charge in [0.2, 0.25) is 0 Å². The summed E-state index contributed by atoms with van der Waals surface area (Å²) in [6.07, 6.45) is 2.96. The van der Waals surface area contributed by atoms with Gasteiger partial charge >= 0.3 is 0 Å². The number of methoxy groups -OCH3 is 1. The SMILES string of the molecule is COc1ccc(/C=C/C(=O)c2ccccc2[N+](=O)[O-])cc1COc1cccc(C)c1C. The molecule has 0 aromatic heterocycles. The summed E-state index contributed by atoms with van der Waals surface area (Å²) in [7, 11) is 1.59. The fraction of sp³-hybridized carbons (Fsp3) is 0.160. The van der Waals surface area contributed by atoms with Gasteiger partial charge in [-0.05, 0) is 60.9 Å². The molecule has 3 rings (SSSR count). The number of ketones is 1. The zero-order valence-corrected chi connectivity index (χ0v) is 17.6. The lowest BCUT2D eigenvalue weighted by molar-refractivity contribution is -0.385. The normalized spacial score (nSPS) is 10.8. The summed E-state index contributed by atoms with van der Waals surface area (Å²) in [5.74, 6) is 1.04. The number of allylic oxidation sites excluding steroid dienone is 1. The first kappa shape index (κ1) is 21.8. The van der Waals surface area contributed by atoms with Crippen LogP contribution >= 0.6 is 0 Å². The first-order valence-electron chi connectivity index (χ1n) is 9.72. The standard InChI is InChI=1S/C25H23NO5/c1-17-7-6-10-24(18(17)2)31-16-20-15-19(12-14-25(20)30-3)11-13-23(27)21-8-4-5-9-22(21)26(28)29/h4-15H,16H2,1-3H3/b13-11+. The van der Waals surface area contributed by atoms with Gasteiger partial charge in [0.15, 0.2) is 5.78 Å². The van der Waals surface area contributed by atoms with Crippen LogP contribution in [0.1, 0.15) is 32.6 Å². The highest BCUT2D eigenvalue weighted by atomic mass is 16.6. The summed E-state index contributed by atoms with van der Waals surface area (Å²) in [6, 6.07) is 17.3. The summed E-state index contributed by atoms with van der Waals surface area (Å²) in [5.41, 5.74) is 3.64. The topological polar surface area (TPSA) is 78.7 Å². The number of hydrogen-bond donors (Lipinski definition) is 0. The Morgan fingerprint density at radius 1 is 1.03 bits per heavy atom. The number of para-hydroxylation sites is 1. The van der Waals surface area contributed by atoms with Gasteiger partial charge < -0.3 is 9.47 Å². The minimum Gasteiger partial charge on any atom is -0.496 e. The molecule has 6 heteroatoms. The Morgan fingerprint density at radius 2 is 1.81 bits per heavy atom. The van der Waals surface area contributed by atoms with Crippen LogP contribution < -0.4 is 9.47 Å². The van der Waals surface area contributed by atoms with Crippen molar-refractivity contribution in [2.75, 3.05) is 7.11 Å². The molecule has 31 heavy (non-hydrogen) atoms. The second-order valence-electron chi connectivity index (χ2n) is 7.03. The Labute approximate surface area is 180 Å². The maximum atomic E-state index is 12.5. The minimum atomic E-state index is -0.558. The number of nitrogens with zero attached hydrogens (tertiary/aromatic N) is 1. The van der Waals surface area contributed by atoms with Gasteiger partial charge in [-0.25, -0.2) is 0 Å². The van der Waals surface area contributed by atoms with Crippen molar-refractivity contribution in [3.05, 3.63) is 105 Å². The lowest BCUT2D eigenvalue weighted by Gasteiger charge is -2.13. The molecular weight excluding hydrogens is 394 g/mol. The molecule has 0 N–H and O–H groups in total. The summed E-state index contributed by atoms with van der Waals surface area (Å²) in [5, 5.41) is 11.2. The number of nitro benzene ring substituents is 1. The molecule has 0 atom stereocenters. The smallest absolute Gasteiger partial charge is 0.280 e. The molecule has 0 aliphatic carbocycles. The van der Waals surface area contributed by atoms with E-state index in [1.54, 1.807) is 25.3 Å². The summed E-state index contributed by atoms with van der Waals surface area (Å²) in [4.78, 5) is 23.1. The average Bonchev–Trinajstić information content (AvgIpc) is 2.78. The van der Waals surface area contributed by atoms with Crippen LogP contribution in [-0.4, -0.2) is 17.8 Å². The molecule has 0 aliphatic rings. The van der Waals surface area contributed by atoms with E-state index in [9.17, 15) is 14.9 Å². The first-order valence-corrected chi connectivity index (χ1v) is 9.72. The third-order valence-electron chi connectivity index (χ3n) is 5.04. The van der Waals surface area contributed by atoms with Gasteiger partial charge in [0, 0.05) is 11.6 Å². The molecule has 0 bridgehead atoms. The fourth-order valence-electron chi connectivity index (χ4n) is 3.15. The average molecular weight is 417 g/mol. The highest BCUT2D eigenvalue weighted by molar-refractivity contribution is 6.09. The van der Waals surface area contributed by atoms with Crippen molar-refractivity contribution in [3.8, 4) is 11.5 Å². The molecule has 0 heterocycles. The molecule has 3 aromatic carbocycles. The molecule has 6 nitrogen and oxygen atoms in total. The van der Waals surface area contributed by atoms with Crippen molar-refractivity contribution in [2.45, 2.75) is 20.5 Å². The number of aryl methyl sites for hydroxylation is 1. The molecule has 158 valence electrons. The Kier molecular flexibility index (Phi) is 6.82. The first-order chi connectivity index (χ1) is 14.9. The number of carbonyl (C=O) groups excluding carboxylic acids is 1. The number of carbonyl (C=O) groups is 1. The maximum absolute atomic E-state index is 12.5. The zero-order valence-electron chi connectivity index (χ0n) is 17.6. The highest BCUT2D eigenvalue weighted by Gasteiger charge is 2.17. The predicted molar refractivity (Wildman–Crippen MR) is 120 cm³/mol. The van der Waals surface area contributed by atoms with Crippen molar-refractivity contribution >= 4 is 17.5 Å². The molecule has 0 radical (unpaired) electrons. The molecule has 0 aliphatic heterocycles.